The number of hydrogen-bond acceptors (Lipinski definition) is 5. The number of hydrogen-bond donors (Lipinski definition) is 1. The molecule has 0 aromatic heterocycles. The zero-order valence-corrected chi connectivity index (χ0v) is 22.0. The lowest BCUT2D eigenvalue weighted by molar-refractivity contribution is 0.0303. The molecule has 3 aromatic carbocycles. The van der Waals surface area contributed by atoms with E-state index in [1.165, 1.54) is 12.1 Å². The van der Waals surface area contributed by atoms with E-state index >= 15 is 0 Å². The molecule has 39 heavy (non-hydrogen) atoms. The van der Waals surface area contributed by atoms with Gasteiger partial charge in [-0.1, -0.05) is 23.7 Å². The second kappa shape index (κ2) is 11.8. The van der Waals surface area contributed by atoms with Gasteiger partial charge >= 0.3 is 0 Å². The van der Waals surface area contributed by atoms with Gasteiger partial charge in [-0.25, -0.2) is 4.39 Å². The number of nitrogens with zero attached hydrogens (tertiary/aromatic N) is 3. The molecule has 3 amide bonds. The fraction of sp³-hybridized carbons (Fsp3) is 0.276. The first-order valence-electron chi connectivity index (χ1n) is 12.8. The highest BCUT2D eigenvalue weighted by Crippen LogP contribution is 2.28. The van der Waals surface area contributed by atoms with E-state index < -0.39 is 5.82 Å². The van der Waals surface area contributed by atoms with E-state index in [1.807, 2.05) is 11.0 Å². The van der Waals surface area contributed by atoms with Gasteiger partial charge in [-0.15, -0.1) is 0 Å². The van der Waals surface area contributed by atoms with Crippen molar-refractivity contribution in [1.82, 2.24) is 9.80 Å². The Bertz CT molecular complexity index is 1370. The van der Waals surface area contributed by atoms with Gasteiger partial charge in [-0.05, 0) is 54.6 Å². The highest BCUT2D eigenvalue weighted by Gasteiger charge is 2.28. The first kappa shape index (κ1) is 26.6. The molecule has 0 aliphatic carbocycles. The molecule has 0 bridgehead atoms. The van der Waals surface area contributed by atoms with Gasteiger partial charge in [0.25, 0.3) is 17.7 Å². The summed E-state index contributed by atoms with van der Waals surface area (Å²) >= 11 is 5.94. The minimum atomic E-state index is -0.542. The molecule has 2 fully saturated rings. The lowest BCUT2D eigenvalue weighted by Gasteiger charge is -2.37. The first-order valence-corrected chi connectivity index (χ1v) is 13.2. The van der Waals surface area contributed by atoms with Crippen molar-refractivity contribution in [2.75, 3.05) is 62.7 Å². The molecule has 1 N–H and O–H groups in total. The molecule has 5 rings (SSSR count). The van der Waals surface area contributed by atoms with Crippen molar-refractivity contribution in [2.45, 2.75) is 0 Å². The summed E-state index contributed by atoms with van der Waals surface area (Å²) in [5.41, 5.74) is 2.16. The molecule has 3 aromatic rings. The van der Waals surface area contributed by atoms with Crippen LogP contribution in [0.4, 0.5) is 15.8 Å². The predicted octanol–water partition coefficient (Wildman–Crippen LogP) is 4.17. The smallest absolute Gasteiger partial charge is 0.256 e. The van der Waals surface area contributed by atoms with Crippen LogP contribution < -0.4 is 10.2 Å². The summed E-state index contributed by atoms with van der Waals surface area (Å²) in [6.07, 6.45) is 0. The molecule has 0 spiro atoms. The number of nitrogens with one attached hydrogen (secondary N) is 1. The molecule has 0 unspecified atom stereocenters. The minimum absolute atomic E-state index is 0.0508. The SMILES string of the molecule is O=C(Nc1ccc(N2CCN(C(=O)c3ccccc3F)CC2)c(C(=O)N2CCOCC2)c1)c1ccc(Cl)cc1. The average molecular weight is 551 g/mol. The molecule has 0 saturated carbocycles. The maximum absolute atomic E-state index is 14.2. The molecule has 2 aliphatic rings. The molecule has 2 heterocycles. The zero-order valence-electron chi connectivity index (χ0n) is 21.2. The van der Waals surface area contributed by atoms with Gasteiger partial charge < -0.3 is 24.8 Å². The third kappa shape index (κ3) is 6.05. The van der Waals surface area contributed by atoms with Crippen LogP contribution in [-0.2, 0) is 4.74 Å². The van der Waals surface area contributed by atoms with Crippen LogP contribution in [-0.4, -0.2) is 80.0 Å². The van der Waals surface area contributed by atoms with Crippen LogP contribution in [0.5, 0.6) is 0 Å². The number of carbonyl (C=O) groups excluding carboxylic acids is 3. The van der Waals surface area contributed by atoms with Crippen LogP contribution in [0.15, 0.2) is 66.7 Å². The van der Waals surface area contributed by atoms with Crippen LogP contribution >= 0.6 is 11.6 Å². The lowest BCUT2D eigenvalue weighted by Crippen LogP contribution is -2.49. The van der Waals surface area contributed by atoms with Gasteiger partial charge in [0.1, 0.15) is 5.82 Å². The summed E-state index contributed by atoms with van der Waals surface area (Å²) in [6, 6.07) is 17.8. The number of rotatable bonds is 5. The first-order chi connectivity index (χ1) is 18.9. The van der Waals surface area contributed by atoms with Crippen LogP contribution in [0.25, 0.3) is 0 Å². The van der Waals surface area contributed by atoms with Crippen molar-refractivity contribution < 1.29 is 23.5 Å². The van der Waals surface area contributed by atoms with Crippen molar-refractivity contribution in [3.63, 3.8) is 0 Å². The number of benzene rings is 3. The molecule has 10 heteroatoms. The second-order valence-electron chi connectivity index (χ2n) is 9.36. The summed E-state index contributed by atoms with van der Waals surface area (Å²) in [5, 5.41) is 3.40. The number of amides is 3. The topological polar surface area (TPSA) is 82.2 Å². The van der Waals surface area contributed by atoms with Crippen LogP contribution in [0.2, 0.25) is 5.02 Å². The Morgan fingerprint density at radius 3 is 2.10 bits per heavy atom. The summed E-state index contributed by atoms with van der Waals surface area (Å²) in [6.45, 7) is 3.59. The van der Waals surface area contributed by atoms with Crippen molar-refractivity contribution in [1.29, 1.82) is 0 Å². The Balaban J connectivity index is 1.36. The molecule has 202 valence electrons. The summed E-state index contributed by atoms with van der Waals surface area (Å²) in [5.74, 6) is -1.36. The maximum Gasteiger partial charge on any atom is 0.256 e. The fourth-order valence-corrected chi connectivity index (χ4v) is 4.88. The van der Waals surface area contributed by atoms with Gasteiger partial charge in [0.05, 0.1) is 24.3 Å². The van der Waals surface area contributed by atoms with Gasteiger partial charge in [0.15, 0.2) is 0 Å². The number of carbonyl (C=O) groups is 3. The standard InChI is InChI=1S/C29H28ClFN4O4/c30-21-7-5-20(6-8-21)27(36)32-22-9-10-26(24(19-22)29(38)35-15-17-39-18-16-35)33-11-13-34(14-12-33)28(37)23-3-1-2-4-25(23)31/h1-10,19H,11-18H2,(H,32,36). The number of piperazine rings is 1. The van der Waals surface area contributed by atoms with Crippen molar-refractivity contribution in [3.05, 3.63) is 94.3 Å². The molecule has 2 aliphatic heterocycles. The van der Waals surface area contributed by atoms with Crippen LogP contribution in [0.1, 0.15) is 31.1 Å². The van der Waals surface area contributed by atoms with E-state index in [2.05, 4.69) is 5.32 Å². The Kier molecular flexibility index (Phi) is 8.09. The summed E-state index contributed by atoms with van der Waals surface area (Å²) in [7, 11) is 0. The number of ether oxygens (including phenoxy) is 1. The third-order valence-electron chi connectivity index (χ3n) is 6.90. The molecule has 0 radical (unpaired) electrons. The van der Waals surface area contributed by atoms with Gasteiger partial charge in [0.2, 0.25) is 0 Å². The quantitative estimate of drug-likeness (QED) is 0.516. The largest absolute Gasteiger partial charge is 0.378 e. The highest BCUT2D eigenvalue weighted by atomic mass is 35.5. The normalized spacial score (nSPS) is 15.7. The van der Waals surface area contributed by atoms with Crippen molar-refractivity contribution in [3.8, 4) is 0 Å². The second-order valence-corrected chi connectivity index (χ2v) is 9.79. The lowest BCUT2D eigenvalue weighted by atomic mass is 10.1. The average Bonchev–Trinajstić information content (AvgIpc) is 2.97. The van der Waals surface area contributed by atoms with Crippen molar-refractivity contribution in [2.24, 2.45) is 0 Å². The van der Waals surface area contributed by atoms with E-state index in [1.54, 1.807) is 58.3 Å². The Morgan fingerprint density at radius 2 is 1.41 bits per heavy atom. The zero-order chi connectivity index (χ0) is 27.4. The number of morpholine rings is 1. The summed E-state index contributed by atoms with van der Waals surface area (Å²) < 4.78 is 19.6. The molecule has 2 saturated heterocycles. The van der Waals surface area contributed by atoms with Crippen molar-refractivity contribution >= 4 is 40.7 Å². The molecular formula is C29H28ClFN4O4. The van der Waals surface area contributed by atoms with E-state index in [4.69, 9.17) is 16.3 Å². The van der Waals surface area contributed by atoms with E-state index in [0.717, 1.165) is 0 Å². The third-order valence-corrected chi connectivity index (χ3v) is 7.15. The molecule has 8 nitrogen and oxygen atoms in total. The number of anilines is 2. The predicted molar refractivity (Wildman–Crippen MR) is 147 cm³/mol. The van der Waals surface area contributed by atoms with Gasteiger partial charge in [-0.3, -0.25) is 14.4 Å². The van der Waals surface area contributed by atoms with Gasteiger partial charge in [-0.2, -0.15) is 0 Å². The number of halogens is 2. The fourth-order valence-electron chi connectivity index (χ4n) is 4.76. The Labute approximate surface area is 230 Å². The monoisotopic (exact) mass is 550 g/mol. The van der Waals surface area contributed by atoms with Gasteiger partial charge in [0, 0.05) is 61.2 Å². The Morgan fingerprint density at radius 1 is 0.769 bits per heavy atom. The highest BCUT2D eigenvalue weighted by molar-refractivity contribution is 6.30. The molecule has 0 atom stereocenters. The molecular weight excluding hydrogens is 523 g/mol. The minimum Gasteiger partial charge on any atom is -0.378 e. The van der Waals surface area contributed by atoms with Crippen LogP contribution in [0.3, 0.4) is 0 Å². The van der Waals surface area contributed by atoms with Crippen LogP contribution in [0, 0.1) is 5.82 Å². The Hall–Kier alpha value is -3.95. The van der Waals surface area contributed by atoms with E-state index in [-0.39, 0.29) is 23.3 Å². The maximum atomic E-state index is 14.2. The van der Waals surface area contributed by atoms with E-state index in [9.17, 15) is 18.8 Å². The van der Waals surface area contributed by atoms with E-state index in [0.29, 0.717) is 80.0 Å². The summed E-state index contributed by atoms with van der Waals surface area (Å²) in [4.78, 5) is 44.7.